The maximum absolute atomic E-state index is 9.00. The van der Waals surface area contributed by atoms with Crippen LogP contribution in [0.5, 0.6) is 0 Å². The third kappa shape index (κ3) is 727. The number of carboxylic acids is 1. The molecule has 0 unspecified atom stereocenters. The van der Waals surface area contributed by atoms with Crippen LogP contribution in [-0.2, 0) is 4.79 Å². The van der Waals surface area contributed by atoms with Crippen molar-refractivity contribution >= 4 is 5.97 Å². The average molecular weight is 153 g/mol. The van der Waals surface area contributed by atoms with Gasteiger partial charge in [-0.3, -0.25) is 9.50 Å². The molecule has 0 aliphatic heterocycles. The molecule has 3 N–H and O–H groups in total. The van der Waals surface area contributed by atoms with Crippen LogP contribution in [0.1, 0.15) is 27.7 Å². The van der Waals surface area contributed by atoms with Gasteiger partial charge in [0.1, 0.15) is 0 Å². The van der Waals surface area contributed by atoms with Crippen molar-refractivity contribution in [3.05, 3.63) is 0 Å². The predicted molar refractivity (Wildman–Crippen MR) is 39.8 cm³/mol. The molecular weight excluding hydrogens is 137 g/mol. The number of aliphatic carboxylic acids is 1. The fourth-order valence-electron chi connectivity index (χ4n) is 0. The lowest BCUT2D eigenvalue weighted by Crippen LogP contribution is -2.26. The zero-order chi connectivity index (χ0) is 8.08. The summed E-state index contributed by atoms with van der Waals surface area (Å²) in [5.74, 6) is -0.833. The summed E-state index contributed by atoms with van der Waals surface area (Å²) in [6, 6.07) is 0. The summed E-state index contributed by atoms with van der Waals surface area (Å²) in [5, 5.41) is 7.42. The van der Waals surface area contributed by atoms with Crippen LogP contribution in [0.2, 0.25) is 0 Å². The minimum Gasteiger partial charge on any atom is -0.481 e. The van der Waals surface area contributed by atoms with Crippen LogP contribution in [0.4, 0.5) is 4.70 Å². The van der Waals surface area contributed by atoms with E-state index < -0.39 is 5.97 Å². The predicted octanol–water partition coefficient (Wildman–Crippen LogP) is 0.987. The highest BCUT2D eigenvalue weighted by molar-refractivity contribution is 5.62. The number of hydrogen-bond donors (Lipinski definition) is 2. The number of carboxylic acid groups (broad SMARTS) is 1. The second-order valence-electron chi connectivity index (χ2n) is 2.89. The van der Waals surface area contributed by atoms with E-state index in [0.29, 0.717) is 0 Å². The van der Waals surface area contributed by atoms with Gasteiger partial charge in [0.15, 0.2) is 0 Å². The van der Waals surface area contributed by atoms with Crippen molar-refractivity contribution in [1.82, 2.24) is 0 Å². The van der Waals surface area contributed by atoms with Gasteiger partial charge < -0.3 is 10.8 Å². The lowest BCUT2D eigenvalue weighted by atomic mass is 10.1. The van der Waals surface area contributed by atoms with Crippen molar-refractivity contribution in [3.8, 4) is 0 Å². The lowest BCUT2D eigenvalue weighted by Gasteiger charge is -2.06. The molecule has 0 aromatic carbocycles. The SMILES string of the molecule is CC(=O)O.CC(C)(C)N.F. The lowest BCUT2D eigenvalue weighted by molar-refractivity contribution is -0.134. The minimum absolute atomic E-state index is 0. The monoisotopic (exact) mass is 153 g/mol. The van der Waals surface area contributed by atoms with Gasteiger partial charge in [-0.15, -0.1) is 0 Å². The Labute approximate surface area is 60.6 Å². The third-order valence-electron chi connectivity index (χ3n) is 0. The molecule has 0 spiro atoms. The zero-order valence-electron chi connectivity index (χ0n) is 6.84. The van der Waals surface area contributed by atoms with E-state index in [0.717, 1.165) is 6.92 Å². The molecule has 0 aromatic heterocycles. The van der Waals surface area contributed by atoms with Gasteiger partial charge in [-0.05, 0) is 20.8 Å². The third-order valence-corrected chi connectivity index (χ3v) is 0. The van der Waals surface area contributed by atoms with Crippen LogP contribution in [0, 0.1) is 0 Å². The van der Waals surface area contributed by atoms with Crippen molar-refractivity contribution in [2.75, 3.05) is 0 Å². The Hall–Kier alpha value is -0.640. The van der Waals surface area contributed by atoms with E-state index in [9.17, 15) is 0 Å². The normalized spacial score (nSPS) is 8.50. The molecule has 64 valence electrons. The van der Waals surface area contributed by atoms with E-state index in [-0.39, 0.29) is 10.2 Å². The topological polar surface area (TPSA) is 63.3 Å². The van der Waals surface area contributed by atoms with Crippen molar-refractivity contribution in [2.45, 2.75) is 33.2 Å². The van der Waals surface area contributed by atoms with Crippen LogP contribution in [0.15, 0.2) is 0 Å². The molecular formula is C6H16FNO2. The molecule has 0 radical (unpaired) electrons. The Morgan fingerprint density at radius 1 is 1.40 bits per heavy atom. The Balaban J connectivity index is -0.0000000910. The number of hydrogen-bond acceptors (Lipinski definition) is 2. The Kier molecular flexibility index (Phi) is 10.5. The molecule has 0 bridgehead atoms. The van der Waals surface area contributed by atoms with E-state index >= 15 is 0 Å². The van der Waals surface area contributed by atoms with Crippen LogP contribution >= 0.6 is 0 Å². The highest BCUT2D eigenvalue weighted by atomic mass is 19.0. The van der Waals surface area contributed by atoms with Crippen molar-refractivity contribution < 1.29 is 14.6 Å². The summed E-state index contributed by atoms with van der Waals surface area (Å²) in [4.78, 5) is 9.00. The molecule has 3 nitrogen and oxygen atoms in total. The minimum atomic E-state index is -0.833. The first-order chi connectivity index (χ1) is 3.73. The van der Waals surface area contributed by atoms with E-state index in [2.05, 4.69) is 0 Å². The second-order valence-corrected chi connectivity index (χ2v) is 2.89. The molecule has 0 aliphatic rings. The van der Waals surface area contributed by atoms with E-state index in [1.165, 1.54) is 0 Å². The Bertz CT molecular complexity index is 78.2. The molecule has 0 rings (SSSR count). The quantitative estimate of drug-likeness (QED) is 0.545. The maximum Gasteiger partial charge on any atom is 0.300 e. The average Bonchev–Trinajstić information content (AvgIpc) is 1.19. The fraction of sp³-hybridized carbons (Fsp3) is 0.833. The van der Waals surface area contributed by atoms with Gasteiger partial charge in [0.05, 0.1) is 0 Å². The van der Waals surface area contributed by atoms with Gasteiger partial charge in [0.25, 0.3) is 5.97 Å². The molecule has 0 heterocycles. The Morgan fingerprint density at radius 3 is 1.40 bits per heavy atom. The second kappa shape index (κ2) is 6.48. The Morgan fingerprint density at radius 2 is 1.40 bits per heavy atom. The molecule has 0 saturated heterocycles. The van der Waals surface area contributed by atoms with Gasteiger partial charge in [-0.1, -0.05) is 0 Å². The molecule has 0 amide bonds. The first-order valence-electron chi connectivity index (χ1n) is 2.72. The molecule has 4 heteroatoms. The number of rotatable bonds is 0. The zero-order valence-corrected chi connectivity index (χ0v) is 6.84. The van der Waals surface area contributed by atoms with E-state index in [4.69, 9.17) is 15.6 Å². The van der Waals surface area contributed by atoms with Crippen LogP contribution in [0.25, 0.3) is 0 Å². The van der Waals surface area contributed by atoms with E-state index in [1.807, 2.05) is 20.8 Å². The van der Waals surface area contributed by atoms with Gasteiger partial charge >= 0.3 is 0 Å². The van der Waals surface area contributed by atoms with Crippen molar-refractivity contribution in [2.24, 2.45) is 5.73 Å². The van der Waals surface area contributed by atoms with Crippen LogP contribution < -0.4 is 5.73 Å². The van der Waals surface area contributed by atoms with Gasteiger partial charge in [0, 0.05) is 12.5 Å². The molecule has 0 saturated carbocycles. The van der Waals surface area contributed by atoms with Crippen LogP contribution in [0.3, 0.4) is 0 Å². The smallest absolute Gasteiger partial charge is 0.300 e. The van der Waals surface area contributed by atoms with Gasteiger partial charge in [-0.2, -0.15) is 0 Å². The molecule has 0 fully saturated rings. The first-order valence-corrected chi connectivity index (χ1v) is 2.72. The molecule has 0 atom stereocenters. The van der Waals surface area contributed by atoms with Crippen molar-refractivity contribution in [1.29, 1.82) is 0 Å². The summed E-state index contributed by atoms with van der Waals surface area (Å²) in [7, 11) is 0. The van der Waals surface area contributed by atoms with E-state index in [1.54, 1.807) is 0 Å². The summed E-state index contributed by atoms with van der Waals surface area (Å²) in [5.41, 5.74) is 5.35. The highest BCUT2D eigenvalue weighted by Crippen LogP contribution is 1.88. The summed E-state index contributed by atoms with van der Waals surface area (Å²) < 4.78 is 0. The summed E-state index contributed by atoms with van der Waals surface area (Å²) in [6.07, 6.45) is 0. The standard InChI is InChI=1S/C4H11N.C2H4O2.FH/c1-4(2,3)5;1-2(3)4;/h5H2,1-3H3;1H3,(H,3,4);1H. The summed E-state index contributed by atoms with van der Waals surface area (Å²) >= 11 is 0. The fourth-order valence-corrected chi connectivity index (χ4v) is 0. The summed E-state index contributed by atoms with van der Waals surface area (Å²) in [6.45, 7) is 6.98. The molecule has 0 aromatic rings. The van der Waals surface area contributed by atoms with Crippen molar-refractivity contribution in [3.63, 3.8) is 0 Å². The number of carbonyl (C=O) groups is 1. The molecule has 10 heavy (non-hydrogen) atoms. The highest BCUT2D eigenvalue weighted by Gasteiger charge is 1.95. The van der Waals surface area contributed by atoms with Gasteiger partial charge in [0.2, 0.25) is 0 Å². The largest absolute Gasteiger partial charge is 0.481 e. The number of nitrogens with two attached hydrogens (primary N) is 1. The molecule has 0 aliphatic carbocycles. The number of halogens is 1. The first kappa shape index (κ1) is 16.2. The van der Waals surface area contributed by atoms with Gasteiger partial charge in [-0.25, -0.2) is 0 Å². The maximum atomic E-state index is 9.00. The van der Waals surface area contributed by atoms with Crippen LogP contribution in [-0.4, -0.2) is 16.6 Å².